The monoisotopic (exact) mass is 269 g/mol. The van der Waals surface area contributed by atoms with Gasteiger partial charge in [0.15, 0.2) is 0 Å². The Morgan fingerprint density at radius 3 is 2.67 bits per heavy atom. The summed E-state index contributed by atoms with van der Waals surface area (Å²) in [4.78, 5) is 0. The Morgan fingerprint density at radius 2 is 2.06 bits per heavy atom. The van der Waals surface area contributed by atoms with E-state index in [1.165, 1.54) is 0 Å². The molecule has 2 unspecified atom stereocenters. The van der Waals surface area contributed by atoms with Crippen LogP contribution in [0.15, 0.2) is 30.3 Å². The fraction of sp³-hybridized carbons (Fsp3) is 0.571. The maximum absolute atomic E-state index is 12.1. The molecule has 0 bridgehead atoms. The Hall–Kier alpha value is -0.710. The van der Waals surface area contributed by atoms with Gasteiger partial charge in [0.05, 0.1) is 0 Å². The Labute approximate surface area is 112 Å². The molecule has 0 aromatic heterocycles. The van der Waals surface area contributed by atoms with E-state index in [0.717, 1.165) is 18.5 Å². The van der Waals surface area contributed by atoms with Gasteiger partial charge in [0, 0.05) is 35.0 Å². The molecule has 102 valence electrons. The minimum atomic E-state index is -0.880. The molecule has 0 amide bonds. The summed E-state index contributed by atoms with van der Waals surface area (Å²) in [6.45, 7) is 3.15. The van der Waals surface area contributed by atoms with Gasteiger partial charge in [-0.1, -0.05) is 37.3 Å². The van der Waals surface area contributed by atoms with Gasteiger partial charge in [-0.25, -0.2) is 0 Å². The molecular weight excluding hydrogens is 246 g/mol. The lowest BCUT2D eigenvalue weighted by Crippen LogP contribution is -2.35. The Kier molecular flexibility index (Phi) is 7.89. The first-order valence-electron chi connectivity index (χ1n) is 6.49. The third kappa shape index (κ3) is 6.28. The van der Waals surface area contributed by atoms with Crippen LogP contribution in [0.5, 0.6) is 0 Å². The van der Waals surface area contributed by atoms with Crippen LogP contribution in [0.25, 0.3) is 0 Å². The first-order valence-corrected chi connectivity index (χ1v) is 7.98. The van der Waals surface area contributed by atoms with E-state index in [1.807, 2.05) is 30.3 Å². The van der Waals surface area contributed by atoms with Crippen molar-refractivity contribution in [1.29, 1.82) is 0 Å². The van der Waals surface area contributed by atoms with Gasteiger partial charge in [-0.2, -0.15) is 0 Å². The van der Waals surface area contributed by atoms with E-state index in [1.54, 1.807) is 0 Å². The lowest BCUT2D eigenvalue weighted by atomic mass is 10.2. The Bertz CT molecular complexity index is 343. The number of hydrogen-bond donors (Lipinski definition) is 2. The van der Waals surface area contributed by atoms with E-state index in [-0.39, 0.29) is 12.6 Å². The summed E-state index contributed by atoms with van der Waals surface area (Å²) in [5.41, 5.74) is 1.11. The van der Waals surface area contributed by atoms with Gasteiger partial charge < -0.3 is 10.4 Å². The minimum Gasteiger partial charge on any atom is -0.396 e. The second kappa shape index (κ2) is 9.25. The maximum Gasteiger partial charge on any atom is 0.0486 e. The first kappa shape index (κ1) is 15.3. The van der Waals surface area contributed by atoms with E-state index >= 15 is 0 Å². The second-order valence-electron chi connectivity index (χ2n) is 4.40. The second-order valence-corrected chi connectivity index (χ2v) is 5.90. The third-order valence-corrected chi connectivity index (χ3v) is 4.15. The molecule has 0 radical (unpaired) electrons. The van der Waals surface area contributed by atoms with Crippen LogP contribution < -0.4 is 5.32 Å². The van der Waals surface area contributed by atoms with E-state index < -0.39 is 10.8 Å². The van der Waals surface area contributed by atoms with Crippen molar-refractivity contribution in [2.45, 2.75) is 31.6 Å². The summed E-state index contributed by atoms with van der Waals surface area (Å²) in [6.07, 6.45) is 1.72. The Balaban J connectivity index is 2.40. The van der Waals surface area contributed by atoms with Crippen molar-refractivity contribution in [2.24, 2.45) is 0 Å². The highest BCUT2D eigenvalue weighted by molar-refractivity contribution is 7.84. The van der Waals surface area contributed by atoms with Crippen molar-refractivity contribution in [3.05, 3.63) is 35.9 Å². The van der Waals surface area contributed by atoms with Crippen LogP contribution in [0, 0.1) is 0 Å². The number of hydrogen-bond acceptors (Lipinski definition) is 3. The maximum atomic E-state index is 12.1. The molecule has 18 heavy (non-hydrogen) atoms. The largest absolute Gasteiger partial charge is 0.396 e. The van der Waals surface area contributed by atoms with Crippen LogP contribution in [-0.4, -0.2) is 34.3 Å². The molecular formula is C14H23NO2S. The number of benzene rings is 1. The van der Waals surface area contributed by atoms with Gasteiger partial charge in [0.1, 0.15) is 0 Å². The van der Waals surface area contributed by atoms with Crippen molar-refractivity contribution in [2.75, 3.05) is 18.9 Å². The topological polar surface area (TPSA) is 49.3 Å². The smallest absolute Gasteiger partial charge is 0.0486 e. The van der Waals surface area contributed by atoms with Crippen LogP contribution in [0.3, 0.4) is 0 Å². The van der Waals surface area contributed by atoms with Crippen LogP contribution in [0.4, 0.5) is 0 Å². The molecule has 2 N–H and O–H groups in total. The molecule has 0 spiro atoms. The number of nitrogens with one attached hydrogen (secondary N) is 1. The van der Waals surface area contributed by atoms with Gasteiger partial charge in [0.2, 0.25) is 0 Å². The molecule has 1 rings (SSSR count). The number of aliphatic hydroxyl groups is 1. The fourth-order valence-corrected chi connectivity index (χ4v) is 3.21. The van der Waals surface area contributed by atoms with Crippen LogP contribution in [-0.2, 0) is 16.6 Å². The normalized spacial score (nSPS) is 14.3. The molecule has 1 aromatic rings. The van der Waals surface area contributed by atoms with E-state index in [2.05, 4.69) is 12.2 Å². The van der Waals surface area contributed by atoms with E-state index in [0.29, 0.717) is 17.9 Å². The number of rotatable bonds is 9. The summed E-state index contributed by atoms with van der Waals surface area (Å²) >= 11 is 0. The van der Waals surface area contributed by atoms with Gasteiger partial charge in [-0.3, -0.25) is 4.21 Å². The molecule has 4 heteroatoms. The molecule has 0 aliphatic heterocycles. The van der Waals surface area contributed by atoms with Gasteiger partial charge in [-0.15, -0.1) is 0 Å². The summed E-state index contributed by atoms with van der Waals surface area (Å²) in [5.74, 6) is 1.20. The zero-order valence-corrected chi connectivity index (χ0v) is 11.8. The van der Waals surface area contributed by atoms with E-state index in [4.69, 9.17) is 5.11 Å². The van der Waals surface area contributed by atoms with Crippen molar-refractivity contribution in [3.63, 3.8) is 0 Å². The van der Waals surface area contributed by atoms with E-state index in [9.17, 15) is 4.21 Å². The average molecular weight is 269 g/mol. The van der Waals surface area contributed by atoms with Crippen LogP contribution in [0.2, 0.25) is 0 Å². The standard InChI is InChI=1S/C14H23NO2S/c1-2-9-15-14(8-10-16)12-18(17)11-13-6-4-3-5-7-13/h3-7,14-16H,2,8-12H2,1H3. The SMILES string of the molecule is CCCNC(CCO)CS(=O)Cc1ccccc1. The molecule has 0 aliphatic carbocycles. The third-order valence-electron chi connectivity index (χ3n) is 2.72. The van der Waals surface area contributed by atoms with Gasteiger partial charge in [0.25, 0.3) is 0 Å². The van der Waals surface area contributed by atoms with Gasteiger partial charge >= 0.3 is 0 Å². The molecule has 0 saturated carbocycles. The van der Waals surface area contributed by atoms with Crippen LogP contribution >= 0.6 is 0 Å². The summed E-state index contributed by atoms with van der Waals surface area (Å²) in [7, 11) is -0.880. The quantitative estimate of drug-likeness (QED) is 0.717. The highest BCUT2D eigenvalue weighted by Crippen LogP contribution is 2.05. The molecule has 2 atom stereocenters. The number of aliphatic hydroxyl groups excluding tert-OH is 1. The predicted molar refractivity (Wildman–Crippen MR) is 76.9 cm³/mol. The van der Waals surface area contributed by atoms with Crippen molar-refractivity contribution < 1.29 is 9.32 Å². The minimum absolute atomic E-state index is 0.143. The summed E-state index contributed by atoms with van der Waals surface area (Å²) in [6, 6.07) is 10.0. The zero-order chi connectivity index (χ0) is 13.2. The highest BCUT2D eigenvalue weighted by Gasteiger charge is 2.11. The van der Waals surface area contributed by atoms with Crippen LogP contribution in [0.1, 0.15) is 25.3 Å². The van der Waals surface area contributed by atoms with Crippen molar-refractivity contribution in [1.82, 2.24) is 5.32 Å². The summed E-state index contributed by atoms with van der Waals surface area (Å²) < 4.78 is 12.1. The zero-order valence-electron chi connectivity index (χ0n) is 11.0. The lowest BCUT2D eigenvalue weighted by molar-refractivity contribution is 0.270. The molecule has 0 fully saturated rings. The molecule has 3 nitrogen and oxygen atoms in total. The molecule has 0 saturated heterocycles. The first-order chi connectivity index (χ1) is 8.76. The highest BCUT2D eigenvalue weighted by atomic mass is 32.2. The summed E-state index contributed by atoms with van der Waals surface area (Å²) in [5, 5.41) is 12.3. The molecule has 1 aromatic carbocycles. The Morgan fingerprint density at radius 1 is 1.33 bits per heavy atom. The molecule has 0 heterocycles. The fourth-order valence-electron chi connectivity index (χ4n) is 1.79. The molecule has 0 aliphatic rings. The van der Waals surface area contributed by atoms with Crippen molar-refractivity contribution >= 4 is 10.8 Å². The van der Waals surface area contributed by atoms with Crippen molar-refractivity contribution in [3.8, 4) is 0 Å². The average Bonchev–Trinajstić information content (AvgIpc) is 2.37. The lowest BCUT2D eigenvalue weighted by Gasteiger charge is -2.16. The predicted octanol–water partition coefficient (Wildman–Crippen LogP) is 1.69. The van der Waals surface area contributed by atoms with Gasteiger partial charge in [-0.05, 0) is 24.9 Å².